The predicted octanol–water partition coefficient (Wildman–Crippen LogP) is 3.28. The van der Waals surface area contributed by atoms with Gasteiger partial charge in [0.15, 0.2) is 11.4 Å². The van der Waals surface area contributed by atoms with Gasteiger partial charge in [0.1, 0.15) is 11.1 Å². The molecule has 4 N–H and O–H groups in total. The Morgan fingerprint density at radius 2 is 2.21 bits per heavy atom. The van der Waals surface area contributed by atoms with Crippen LogP contribution in [0.1, 0.15) is 54.1 Å². The summed E-state index contributed by atoms with van der Waals surface area (Å²) in [5.41, 5.74) is 16.5. The summed E-state index contributed by atoms with van der Waals surface area (Å²) in [5, 5.41) is 0. The maximum Gasteiger partial charge on any atom is 0.204 e. The third-order valence-electron chi connectivity index (χ3n) is 5.55. The fourth-order valence-electron chi connectivity index (χ4n) is 3.95. The standard InChI is InChI=1S/C22H27N5O2/c1-13(2)14-9-19-21(26-11-14)20(22(24)29-19)18(28)8-15-10-25-6-5-17(15)27-7-3-4-16(23)12-27/h5-6,9-11,13,16H,3-4,7-8,12,23-24H2,1-2H3/t16-/m0/s1. The molecular formula is C22H27N5O2. The quantitative estimate of drug-likeness (QED) is 0.640. The van der Waals surface area contributed by atoms with E-state index in [1.165, 1.54) is 0 Å². The summed E-state index contributed by atoms with van der Waals surface area (Å²) in [4.78, 5) is 24.1. The molecule has 0 radical (unpaired) electrons. The molecule has 3 aromatic heterocycles. The molecule has 0 saturated carbocycles. The SMILES string of the molecule is CC(C)c1cnc2c(C(=O)Cc3cnccc3N3CCC[C@H](N)C3)c(N)oc2c1. The molecule has 0 amide bonds. The first kappa shape index (κ1) is 19.4. The molecule has 4 heterocycles. The lowest BCUT2D eigenvalue weighted by Crippen LogP contribution is -2.43. The summed E-state index contributed by atoms with van der Waals surface area (Å²) >= 11 is 0. The van der Waals surface area contributed by atoms with E-state index in [1.807, 2.05) is 12.1 Å². The third kappa shape index (κ3) is 3.82. The number of rotatable bonds is 5. The molecule has 7 heteroatoms. The fraction of sp³-hybridized carbons (Fsp3) is 0.409. The van der Waals surface area contributed by atoms with Gasteiger partial charge in [-0.1, -0.05) is 13.8 Å². The van der Waals surface area contributed by atoms with Gasteiger partial charge in [-0.15, -0.1) is 0 Å². The van der Waals surface area contributed by atoms with E-state index in [2.05, 4.69) is 28.7 Å². The second kappa shape index (κ2) is 7.83. The number of ketones is 1. The minimum absolute atomic E-state index is 0.115. The third-order valence-corrected chi connectivity index (χ3v) is 5.55. The molecule has 1 fully saturated rings. The Morgan fingerprint density at radius 3 is 2.97 bits per heavy atom. The van der Waals surface area contributed by atoms with Crippen molar-refractivity contribution in [3.63, 3.8) is 0 Å². The van der Waals surface area contributed by atoms with Gasteiger partial charge in [0.25, 0.3) is 0 Å². The lowest BCUT2D eigenvalue weighted by molar-refractivity contribution is 0.0994. The maximum absolute atomic E-state index is 13.2. The summed E-state index contributed by atoms with van der Waals surface area (Å²) in [6.45, 7) is 5.87. The molecule has 0 bridgehead atoms. The zero-order valence-electron chi connectivity index (χ0n) is 16.9. The highest BCUT2D eigenvalue weighted by Crippen LogP contribution is 2.31. The Bertz CT molecular complexity index is 1040. The van der Waals surface area contributed by atoms with Gasteiger partial charge < -0.3 is 20.8 Å². The van der Waals surface area contributed by atoms with Gasteiger partial charge in [-0.05, 0) is 36.5 Å². The summed E-state index contributed by atoms with van der Waals surface area (Å²) in [5.74, 6) is 0.302. The van der Waals surface area contributed by atoms with Crippen molar-refractivity contribution in [1.29, 1.82) is 0 Å². The van der Waals surface area contributed by atoms with E-state index in [4.69, 9.17) is 15.9 Å². The van der Waals surface area contributed by atoms with Crippen LogP contribution in [0.3, 0.4) is 0 Å². The van der Waals surface area contributed by atoms with Crippen LogP contribution in [0.25, 0.3) is 11.1 Å². The van der Waals surface area contributed by atoms with Gasteiger partial charge in [0.05, 0.1) is 0 Å². The molecule has 1 atom stereocenters. The number of piperidine rings is 1. The van der Waals surface area contributed by atoms with Gasteiger partial charge in [-0.3, -0.25) is 14.8 Å². The second-order valence-corrected chi connectivity index (χ2v) is 8.06. The van der Waals surface area contributed by atoms with E-state index in [0.29, 0.717) is 22.6 Å². The first-order chi connectivity index (χ1) is 13.9. The predicted molar refractivity (Wildman–Crippen MR) is 114 cm³/mol. The topological polar surface area (TPSA) is 111 Å². The smallest absolute Gasteiger partial charge is 0.204 e. The number of pyridine rings is 2. The largest absolute Gasteiger partial charge is 0.438 e. The van der Waals surface area contributed by atoms with Crippen LogP contribution < -0.4 is 16.4 Å². The Morgan fingerprint density at radius 1 is 1.38 bits per heavy atom. The summed E-state index contributed by atoms with van der Waals surface area (Å²) in [6.07, 6.45) is 7.52. The van der Waals surface area contributed by atoms with Gasteiger partial charge >= 0.3 is 0 Å². The Balaban J connectivity index is 1.65. The highest BCUT2D eigenvalue weighted by molar-refractivity contribution is 6.10. The van der Waals surface area contributed by atoms with Crippen LogP contribution in [-0.4, -0.2) is 34.9 Å². The number of aromatic nitrogens is 2. The molecule has 0 unspecified atom stereocenters. The van der Waals surface area contributed by atoms with Crippen molar-refractivity contribution >= 4 is 28.5 Å². The minimum Gasteiger partial charge on any atom is -0.438 e. The molecule has 1 aliphatic rings. The van der Waals surface area contributed by atoms with Crippen molar-refractivity contribution < 1.29 is 9.21 Å². The number of anilines is 2. The first-order valence-corrected chi connectivity index (χ1v) is 10.1. The van der Waals surface area contributed by atoms with Crippen molar-refractivity contribution in [2.75, 3.05) is 23.7 Å². The number of nitrogens with zero attached hydrogens (tertiary/aromatic N) is 3. The molecule has 7 nitrogen and oxygen atoms in total. The van der Waals surface area contributed by atoms with Crippen LogP contribution in [0.15, 0.2) is 35.1 Å². The van der Waals surface area contributed by atoms with Gasteiger partial charge in [-0.2, -0.15) is 0 Å². The zero-order chi connectivity index (χ0) is 20.5. The summed E-state index contributed by atoms with van der Waals surface area (Å²) in [6, 6.07) is 4.00. The van der Waals surface area contributed by atoms with Crippen LogP contribution in [0.4, 0.5) is 11.6 Å². The van der Waals surface area contributed by atoms with E-state index < -0.39 is 0 Å². The molecule has 1 saturated heterocycles. The minimum atomic E-state index is -0.124. The number of hydrogen-bond acceptors (Lipinski definition) is 7. The van der Waals surface area contributed by atoms with Crippen molar-refractivity contribution in [1.82, 2.24) is 9.97 Å². The number of carbonyl (C=O) groups excluding carboxylic acids is 1. The van der Waals surface area contributed by atoms with Crippen LogP contribution in [0, 0.1) is 0 Å². The second-order valence-electron chi connectivity index (χ2n) is 8.06. The Hall–Kier alpha value is -2.93. The molecule has 0 aliphatic carbocycles. The lowest BCUT2D eigenvalue weighted by Gasteiger charge is -2.33. The van der Waals surface area contributed by atoms with Crippen LogP contribution in [0.2, 0.25) is 0 Å². The summed E-state index contributed by atoms with van der Waals surface area (Å²) < 4.78 is 5.66. The number of nitrogens with two attached hydrogens (primary N) is 2. The van der Waals surface area contributed by atoms with E-state index in [9.17, 15) is 4.79 Å². The van der Waals surface area contributed by atoms with E-state index in [0.717, 1.165) is 42.7 Å². The number of hydrogen-bond donors (Lipinski definition) is 2. The molecule has 1 aliphatic heterocycles. The Labute approximate surface area is 170 Å². The molecule has 0 spiro atoms. The van der Waals surface area contributed by atoms with E-state index in [1.54, 1.807) is 18.6 Å². The van der Waals surface area contributed by atoms with E-state index in [-0.39, 0.29) is 24.1 Å². The van der Waals surface area contributed by atoms with Gasteiger partial charge in [-0.25, -0.2) is 0 Å². The number of Topliss-reactive ketones (excluding diaryl/α,β-unsaturated/α-hetero) is 1. The monoisotopic (exact) mass is 393 g/mol. The van der Waals surface area contributed by atoms with Crippen LogP contribution >= 0.6 is 0 Å². The average Bonchev–Trinajstić information content (AvgIpc) is 3.03. The Kier molecular flexibility index (Phi) is 5.24. The first-order valence-electron chi connectivity index (χ1n) is 10.1. The van der Waals surface area contributed by atoms with Crippen LogP contribution in [-0.2, 0) is 6.42 Å². The zero-order valence-corrected chi connectivity index (χ0v) is 16.9. The van der Waals surface area contributed by atoms with Crippen LogP contribution in [0.5, 0.6) is 0 Å². The molecule has 3 aromatic rings. The highest BCUT2D eigenvalue weighted by Gasteiger charge is 2.24. The molecule has 0 aromatic carbocycles. The lowest BCUT2D eigenvalue weighted by atomic mass is 10.0. The highest BCUT2D eigenvalue weighted by atomic mass is 16.3. The van der Waals surface area contributed by atoms with Crippen molar-refractivity contribution in [3.05, 3.63) is 47.4 Å². The average molecular weight is 393 g/mol. The van der Waals surface area contributed by atoms with Gasteiger partial charge in [0.2, 0.25) is 5.88 Å². The molecule has 4 rings (SSSR count). The van der Waals surface area contributed by atoms with Crippen molar-refractivity contribution in [2.45, 2.75) is 45.1 Å². The van der Waals surface area contributed by atoms with Gasteiger partial charge in [0, 0.05) is 55.4 Å². The number of carbonyl (C=O) groups is 1. The van der Waals surface area contributed by atoms with E-state index >= 15 is 0 Å². The molecular weight excluding hydrogens is 366 g/mol. The summed E-state index contributed by atoms with van der Waals surface area (Å²) in [7, 11) is 0. The molecule has 152 valence electrons. The van der Waals surface area contributed by atoms with Crippen molar-refractivity contribution in [2.24, 2.45) is 5.73 Å². The fourth-order valence-corrected chi connectivity index (χ4v) is 3.95. The number of nitrogen functional groups attached to an aromatic ring is 1. The number of furan rings is 1. The normalized spacial score (nSPS) is 17.2. The van der Waals surface area contributed by atoms with Crippen molar-refractivity contribution in [3.8, 4) is 0 Å². The number of fused-ring (bicyclic) bond motifs is 1. The maximum atomic E-state index is 13.2. The molecule has 29 heavy (non-hydrogen) atoms.